The van der Waals surface area contributed by atoms with Gasteiger partial charge in [0.05, 0.1) is 12.6 Å². The topological polar surface area (TPSA) is 97.4 Å². The largest absolute Gasteiger partial charge is 0.493 e. The van der Waals surface area contributed by atoms with Crippen LogP contribution < -0.4 is 10.1 Å². The fourth-order valence-electron chi connectivity index (χ4n) is 5.15. The average Bonchev–Trinajstić information content (AvgIpc) is 3.51. The lowest BCUT2D eigenvalue weighted by molar-refractivity contribution is -0.137. The van der Waals surface area contributed by atoms with Gasteiger partial charge in [0.25, 0.3) is 0 Å². The van der Waals surface area contributed by atoms with E-state index in [-0.39, 0.29) is 38.0 Å². The molecular weight excluding hydrogens is 560 g/mol. The maximum absolute atomic E-state index is 14.1. The number of benzene rings is 2. The lowest BCUT2D eigenvalue weighted by Crippen LogP contribution is -2.57. The van der Waals surface area contributed by atoms with Gasteiger partial charge >= 0.3 is 12.2 Å². The van der Waals surface area contributed by atoms with E-state index in [1.165, 1.54) is 11.0 Å². The Balaban J connectivity index is 1.56. The highest BCUT2D eigenvalue weighted by Gasteiger charge is 2.50. The van der Waals surface area contributed by atoms with Crippen LogP contribution in [0.1, 0.15) is 47.1 Å². The van der Waals surface area contributed by atoms with E-state index < -0.39 is 52.8 Å². The van der Waals surface area contributed by atoms with Crippen molar-refractivity contribution in [2.75, 3.05) is 19.7 Å². The van der Waals surface area contributed by atoms with Crippen LogP contribution in [0.3, 0.4) is 0 Å². The first-order chi connectivity index (χ1) is 20.1. The number of alkyl carbamates (subject to hydrolysis) is 1. The van der Waals surface area contributed by atoms with Crippen LogP contribution in [0.25, 0.3) is 0 Å². The molecular formula is C32H39F2N3O6. The zero-order valence-corrected chi connectivity index (χ0v) is 25.4. The Kier molecular flexibility index (Phi) is 9.32. The van der Waals surface area contributed by atoms with E-state index in [4.69, 9.17) is 14.2 Å². The summed E-state index contributed by atoms with van der Waals surface area (Å²) in [6.45, 7) is 11.1. The molecule has 2 heterocycles. The van der Waals surface area contributed by atoms with E-state index in [1.54, 1.807) is 31.7 Å². The maximum Gasteiger partial charge on any atom is 0.414 e. The molecule has 0 aliphatic carbocycles. The molecule has 1 fully saturated rings. The fraction of sp³-hybridized carbons (Fsp3) is 0.469. The van der Waals surface area contributed by atoms with Crippen molar-refractivity contribution in [2.45, 2.75) is 65.8 Å². The lowest BCUT2D eigenvalue weighted by Gasteiger charge is -2.37. The van der Waals surface area contributed by atoms with Crippen LogP contribution in [-0.2, 0) is 20.9 Å². The minimum atomic E-state index is -1.05. The van der Waals surface area contributed by atoms with Crippen molar-refractivity contribution < 1.29 is 37.4 Å². The van der Waals surface area contributed by atoms with Gasteiger partial charge in [0.1, 0.15) is 24.0 Å². The van der Waals surface area contributed by atoms with Gasteiger partial charge in [0, 0.05) is 30.8 Å². The van der Waals surface area contributed by atoms with Crippen LogP contribution in [-0.4, -0.2) is 65.3 Å². The lowest BCUT2D eigenvalue weighted by atomic mass is 9.85. The first-order valence-electron chi connectivity index (χ1n) is 14.2. The Morgan fingerprint density at radius 2 is 1.70 bits per heavy atom. The minimum Gasteiger partial charge on any atom is -0.493 e. The van der Waals surface area contributed by atoms with Crippen LogP contribution in [0, 0.1) is 23.0 Å². The standard InChI is InChI=1S/C32H39F2N3O6/c1-31(2,3)27(35-29(39)43-32(4,5)6)28(38)36-15-14-25-26(36)21(19-41-22-12-13-23(33)24(34)16-22)17-37(25)30(40)42-18-20-10-8-7-9-11-20/h7-14,16,21,26-27H,15,17-19H2,1-6H3,(H,35,39). The number of likely N-dealkylation sites (tertiary alicyclic amines) is 1. The van der Waals surface area contributed by atoms with E-state index in [9.17, 15) is 23.2 Å². The van der Waals surface area contributed by atoms with Crippen LogP contribution in [0.5, 0.6) is 5.75 Å². The molecule has 3 atom stereocenters. The van der Waals surface area contributed by atoms with Crippen LogP contribution >= 0.6 is 0 Å². The molecule has 1 N–H and O–H groups in total. The molecule has 11 heteroatoms. The first kappa shape index (κ1) is 31.8. The molecule has 4 rings (SSSR count). The van der Waals surface area contributed by atoms with Gasteiger partial charge < -0.3 is 24.4 Å². The van der Waals surface area contributed by atoms with Crippen LogP contribution in [0.4, 0.5) is 18.4 Å². The molecule has 232 valence electrons. The number of amides is 3. The van der Waals surface area contributed by atoms with Crippen molar-refractivity contribution >= 4 is 18.1 Å². The van der Waals surface area contributed by atoms with E-state index in [2.05, 4.69) is 5.32 Å². The quantitative estimate of drug-likeness (QED) is 0.442. The highest BCUT2D eigenvalue weighted by atomic mass is 19.2. The normalized spacial score (nSPS) is 18.9. The number of nitrogens with one attached hydrogen (secondary N) is 1. The number of carbonyl (C=O) groups excluding carboxylic acids is 3. The number of halogens is 2. The summed E-state index contributed by atoms with van der Waals surface area (Å²) in [7, 11) is 0. The molecule has 3 amide bonds. The van der Waals surface area contributed by atoms with Crippen LogP contribution in [0.15, 0.2) is 60.3 Å². The van der Waals surface area contributed by atoms with E-state index >= 15 is 0 Å². The summed E-state index contributed by atoms with van der Waals surface area (Å²) in [4.78, 5) is 43.1. The fourth-order valence-corrected chi connectivity index (χ4v) is 5.15. The molecule has 43 heavy (non-hydrogen) atoms. The van der Waals surface area contributed by atoms with E-state index in [1.807, 2.05) is 51.1 Å². The van der Waals surface area contributed by atoms with Crippen molar-refractivity contribution in [1.29, 1.82) is 0 Å². The molecule has 0 bridgehead atoms. The summed E-state index contributed by atoms with van der Waals surface area (Å²) in [5, 5.41) is 2.74. The Bertz CT molecular complexity index is 1370. The van der Waals surface area contributed by atoms with E-state index in [0.717, 1.165) is 17.7 Å². The summed E-state index contributed by atoms with van der Waals surface area (Å²) in [5.74, 6) is -2.72. The van der Waals surface area contributed by atoms with Crippen molar-refractivity contribution in [3.63, 3.8) is 0 Å². The average molecular weight is 600 g/mol. The Labute approximate surface area is 250 Å². The first-order valence-corrected chi connectivity index (χ1v) is 14.2. The molecule has 2 aliphatic rings. The number of nitrogens with zero attached hydrogens (tertiary/aromatic N) is 2. The summed E-state index contributed by atoms with van der Waals surface area (Å²) in [5.41, 5.74) is -0.0356. The van der Waals surface area contributed by atoms with Crippen molar-refractivity contribution in [1.82, 2.24) is 15.1 Å². The number of hydrogen-bond donors (Lipinski definition) is 1. The summed E-state index contributed by atoms with van der Waals surface area (Å²) < 4.78 is 44.1. The zero-order valence-electron chi connectivity index (χ0n) is 25.4. The van der Waals surface area contributed by atoms with Crippen molar-refractivity contribution in [3.8, 4) is 5.75 Å². The third kappa shape index (κ3) is 7.82. The van der Waals surface area contributed by atoms with Gasteiger partial charge in [-0.15, -0.1) is 0 Å². The van der Waals surface area contributed by atoms with Gasteiger partial charge in [0.15, 0.2) is 11.6 Å². The van der Waals surface area contributed by atoms with E-state index in [0.29, 0.717) is 5.70 Å². The monoisotopic (exact) mass is 599 g/mol. The second-order valence-electron chi connectivity index (χ2n) is 12.8. The molecule has 2 aliphatic heterocycles. The zero-order chi connectivity index (χ0) is 31.5. The number of carbonyl (C=O) groups is 3. The van der Waals surface area contributed by atoms with Gasteiger partial charge in [-0.1, -0.05) is 51.1 Å². The highest BCUT2D eigenvalue weighted by molar-refractivity contribution is 5.88. The summed E-state index contributed by atoms with van der Waals surface area (Å²) in [6.07, 6.45) is 0.491. The van der Waals surface area contributed by atoms with Crippen LogP contribution in [0.2, 0.25) is 0 Å². The molecule has 3 unspecified atom stereocenters. The predicted octanol–water partition coefficient (Wildman–Crippen LogP) is 5.65. The molecule has 0 saturated carbocycles. The number of hydrogen-bond acceptors (Lipinski definition) is 6. The number of ether oxygens (including phenoxy) is 3. The van der Waals surface area contributed by atoms with Gasteiger partial charge in [-0.25, -0.2) is 18.4 Å². The third-order valence-corrected chi connectivity index (χ3v) is 7.15. The minimum absolute atomic E-state index is 0.000989. The second-order valence-corrected chi connectivity index (χ2v) is 12.8. The SMILES string of the molecule is CC(C)(C)OC(=O)NC(C(=O)N1CC=C2C1C(COc1ccc(F)c(F)c1)CN2C(=O)OCc1ccccc1)C(C)(C)C. The molecule has 2 aromatic rings. The summed E-state index contributed by atoms with van der Waals surface area (Å²) in [6, 6.07) is 11.0. The number of fused-ring (bicyclic) bond motifs is 1. The molecule has 0 aromatic heterocycles. The van der Waals surface area contributed by atoms with Gasteiger partial charge in [0.2, 0.25) is 5.91 Å². The maximum atomic E-state index is 14.1. The second kappa shape index (κ2) is 12.6. The molecule has 0 spiro atoms. The Morgan fingerprint density at radius 1 is 1.00 bits per heavy atom. The Morgan fingerprint density at radius 3 is 2.33 bits per heavy atom. The van der Waals surface area contributed by atoms with Gasteiger partial charge in [-0.05, 0) is 50.0 Å². The third-order valence-electron chi connectivity index (χ3n) is 7.15. The molecule has 0 radical (unpaired) electrons. The van der Waals surface area contributed by atoms with Crippen molar-refractivity contribution in [3.05, 3.63) is 77.5 Å². The van der Waals surface area contributed by atoms with Gasteiger partial charge in [-0.2, -0.15) is 0 Å². The molecule has 1 saturated heterocycles. The number of rotatable bonds is 7. The van der Waals surface area contributed by atoms with Gasteiger partial charge in [-0.3, -0.25) is 9.69 Å². The molecule has 2 aromatic carbocycles. The molecule has 9 nitrogen and oxygen atoms in total. The summed E-state index contributed by atoms with van der Waals surface area (Å²) >= 11 is 0. The Hall–Kier alpha value is -4.15. The highest BCUT2D eigenvalue weighted by Crippen LogP contribution is 2.38. The van der Waals surface area contributed by atoms with Crippen molar-refractivity contribution in [2.24, 2.45) is 11.3 Å². The predicted molar refractivity (Wildman–Crippen MR) is 155 cm³/mol. The smallest absolute Gasteiger partial charge is 0.414 e.